The topological polar surface area (TPSA) is 31.1 Å². The largest absolute Gasteiger partial charge is 0.368 e. The average molecular weight is 236 g/mol. The number of benzene rings is 1. The van der Waals surface area contributed by atoms with Crippen molar-refractivity contribution in [1.82, 2.24) is 10.3 Å². The van der Waals surface area contributed by atoms with Crippen LogP contribution in [0, 0.1) is 0 Å². The molecule has 1 fully saturated rings. The summed E-state index contributed by atoms with van der Waals surface area (Å²) in [6, 6.07) is 6.15. The lowest BCUT2D eigenvalue weighted by Crippen LogP contribution is -2.43. The number of nitrogens with one attached hydrogen (secondary N) is 2. The highest BCUT2D eigenvalue weighted by Gasteiger charge is 2.14. The number of hydrogen-bond donors (Lipinski definition) is 2. The van der Waals surface area contributed by atoms with Crippen molar-refractivity contribution in [1.29, 1.82) is 0 Å². The van der Waals surface area contributed by atoms with Gasteiger partial charge in [0.2, 0.25) is 0 Å². The molecule has 16 heavy (non-hydrogen) atoms. The van der Waals surface area contributed by atoms with Crippen LogP contribution in [0.1, 0.15) is 0 Å². The van der Waals surface area contributed by atoms with Crippen LogP contribution in [-0.2, 0) is 0 Å². The summed E-state index contributed by atoms with van der Waals surface area (Å²) in [5, 5.41) is 5.41. The second-order valence-electron chi connectivity index (χ2n) is 4.10. The van der Waals surface area contributed by atoms with Crippen molar-refractivity contribution in [3.05, 3.63) is 29.4 Å². The number of H-pyrrole nitrogens is 1. The van der Waals surface area contributed by atoms with E-state index in [4.69, 9.17) is 11.6 Å². The van der Waals surface area contributed by atoms with E-state index < -0.39 is 0 Å². The third kappa shape index (κ3) is 1.66. The summed E-state index contributed by atoms with van der Waals surface area (Å²) in [5.74, 6) is 0. The maximum atomic E-state index is 6.14. The minimum Gasteiger partial charge on any atom is -0.368 e. The second kappa shape index (κ2) is 4.00. The molecule has 4 heteroatoms. The van der Waals surface area contributed by atoms with Crippen molar-refractivity contribution in [3.8, 4) is 0 Å². The minimum atomic E-state index is 0.795. The van der Waals surface area contributed by atoms with Gasteiger partial charge in [0.15, 0.2) is 0 Å². The third-order valence-electron chi connectivity index (χ3n) is 3.07. The van der Waals surface area contributed by atoms with Crippen molar-refractivity contribution < 1.29 is 0 Å². The number of nitrogens with zero attached hydrogens (tertiary/aromatic N) is 1. The molecule has 0 saturated carbocycles. The summed E-state index contributed by atoms with van der Waals surface area (Å²) < 4.78 is 0. The maximum Gasteiger partial charge on any atom is 0.0489 e. The molecule has 1 aromatic carbocycles. The summed E-state index contributed by atoms with van der Waals surface area (Å²) >= 11 is 6.14. The number of fused-ring (bicyclic) bond motifs is 1. The van der Waals surface area contributed by atoms with Gasteiger partial charge in [-0.05, 0) is 18.2 Å². The van der Waals surface area contributed by atoms with Gasteiger partial charge in [0.05, 0.1) is 0 Å². The summed E-state index contributed by atoms with van der Waals surface area (Å²) in [6.45, 7) is 4.16. The van der Waals surface area contributed by atoms with Crippen molar-refractivity contribution in [2.75, 3.05) is 31.1 Å². The maximum absolute atomic E-state index is 6.14. The van der Waals surface area contributed by atoms with Crippen LogP contribution in [0.5, 0.6) is 0 Å². The van der Waals surface area contributed by atoms with Crippen LogP contribution in [0.3, 0.4) is 0 Å². The van der Waals surface area contributed by atoms with Crippen LogP contribution in [0.4, 0.5) is 5.69 Å². The Morgan fingerprint density at radius 2 is 2.00 bits per heavy atom. The fraction of sp³-hybridized carbons (Fsp3) is 0.333. The fourth-order valence-electron chi connectivity index (χ4n) is 2.28. The Bertz CT molecular complexity index is 500. The van der Waals surface area contributed by atoms with Crippen LogP contribution >= 0.6 is 11.6 Å². The standard InChI is InChI=1S/C12H14ClN3/c13-9-7-11-10(1-2-15-11)12(8-9)16-5-3-14-4-6-16/h1-2,7-8,14-15H,3-6H2. The van der Waals surface area contributed by atoms with E-state index in [9.17, 15) is 0 Å². The van der Waals surface area contributed by atoms with Crippen LogP contribution in [-0.4, -0.2) is 31.2 Å². The number of aromatic nitrogens is 1. The van der Waals surface area contributed by atoms with E-state index in [2.05, 4.69) is 27.3 Å². The Kier molecular flexibility index (Phi) is 2.50. The molecule has 1 aromatic heterocycles. The first-order valence-electron chi connectivity index (χ1n) is 5.57. The lowest BCUT2D eigenvalue weighted by molar-refractivity contribution is 0.590. The molecule has 3 nitrogen and oxygen atoms in total. The van der Waals surface area contributed by atoms with E-state index in [1.165, 1.54) is 11.1 Å². The normalized spacial score (nSPS) is 16.9. The fourth-order valence-corrected chi connectivity index (χ4v) is 2.49. The summed E-state index contributed by atoms with van der Waals surface area (Å²) in [7, 11) is 0. The zero-order chi connectivity index (χ0) is 11.0. The number of halogens is 1. The van der Waals surface area contributed by atoms with E-state index in [0.717, 1.165) is 36.7 Å². The van der Waals surface area contributed by atoms with Gasteiger partial charge in [0.25, 0.3) is 0 Å². The van der Waals surface area contributed by atoms with Gasteiger partial charge in [-0.2, -0.15) is 0 Å². The van der Waals surface area contributed by atoms with Gasteiger partial charge in [0, 0.05) is 54.0 Å². The predicted octanol–water partition coefficient (Wildman–Crippen LogP) is 2.23. The lowest BCUT2D eigenvalue weighted by atomic mass is 10.2. The smallest absolute Gasteiger partial charge is 0.0489 e. The van der Waals surface area contributed by atoms with Gasteiger partial charge >= 0.3 is 0 Å². The molecule has 0 atom stereocenters. The number of anilines is 1. The summed E-state index contributed by atoms with van der Waals surface area (Å²) in [5.41, 5.74) is 2.35. The van der Waals surface area contributed by atoms with E-state index in [0.29, 0.717) is 0 Å². The zero-order valence-corrected chi connectivity index (χ0v) is 9.72. The molecule has 1 saturated heterocycles. The Balaban J connectivity index is 2.09. The highest BCUT2D eigenvalue weighted by Crippen LogP contribution is 2.30. The van der Waals surface area contributed by atoms with Gasteiger partial charge in [-0.3, -0.25) is 0 Å². The van der Waals surface area contributed by atoms with Crippen molar-refractivity contribution in [3.63, 3.8) is 0 Å². The van der Waals surface area contributed by atoms with Crippen LogP contribution in [0.15, 0.2) is 24.4 Å². The first kappa shape index (κ1) is 10.00. The first-order chi connectivity index (χ1) is 7.84. The lowest BCUT2D eigenvalue weighted by Gasteiger charge is -2.30. The van der Waals surface area contributed by atoms with Crippen LogP contribution in [0.25, 0.3) is 10.9 Å². The summed E-state index contributed by atoms with van der Waals surface area (Å²) in [4.78, 5) is 5.60. The summed E-state index contributed by atoms with van der Waals surface area (Å²) in [6.07, 6.45) is 1.96. The monoisotopic (exact) mass is 235 g/mol. The molecule has 1 aliphatic heterocycles. The first-order valence-corrected chi connectivity index (χ1v) is 5.95. The highest BCUT2D eigenvalue weighted by atomic mass is 35.5. The Morgan fingerprint density at radius 1 is 1.19 bits per heavy atom. The number of piperazine rings is 1. The molecule has 1 aliphatic rings. The molecule has 0 aliphatic carbocycles. The van der Waals surface area contributed by atoms with Crippen LogP contribution in [0.2, 0.25) is 5.02 Å². The predicted molar refractivity (Wildman–Crippen MR) is 68.4 cm³/mol. The van der Waals surface area contributed by atoms with Gasteiger partial charge in [0.1, 0.15) is 0 Å². The third-order valence-corrected chi connectivity index (χ3v) is 3.29. The molecular weight excluding hydrogens is 222 g/mol. The van der Waals surface area contributed by atoms with Crippen LogP contribution < -0.4 is 10.2 Å². The molecule has 2 aromatic rings. The number of hydrogen-bond acceptors (Lipinski definition) is 2. The average Bonchev–Trinajstić information content (AvgIpc) is 2.77. The second-order valence-corrected chi connectivity index (χ2v) is 4.54. The SMILES string of the molecule is Clc1cc(N2CCNCC2)c2cc[nH]c2c1. The molecular formula is C12H14ClN3. The molecule has 0 amide bonds. The molecule has 2 heterocycles. The van der Waals surface area contributed by atoms with E-state index in [1.807, 2.05) is 12.3 Å². The Labute approximate surface area is 99.4 Å². The number of rotatable bonds is 1. The van der Waals surface area contributed by atoms with Crippen molar-refractivity contribution in [2.45, 2.75) is 0 Å². The van der Waals surface area contributed by atoms with Gasteiger partial charge in [-0.1, -0.05) is 11.6 Å². The highest BCUT2D eigenvalue weighted by molar-refractivity contribution is 6.31. The van der Waals surface area contributed by atoms with Gasteiger partial charge < -0.3 is 15.2 Å². The van der Waals surface area contributed by atoms with E-state index in [1.54, 1.807) is 0 Å². The van der Waals surface area contributed by atoms with Gasteiger partial charge in [-0.25, -0.2) is 0 Å². The zero-order valence-electron chi connectivity index (χ0n) is 8.96. The molecule has 0 spiro atoms. The van der Waals surface area contributed by atoms with Crippen molar-refractivity contribution >= 4 is 28.2 Å². The minimum absolute atomic E-state index is 0.795. The van der Waals surface area contributed by atoms with Crippen molar-refractivity contribution in [2.24, 2.45) is 0 Å². The molecule has 0 bridgehead atoms. The molecule has 0 unspecified atom stereocenters. The Morgan fingerprint density at radius 3 is 2.81 bits per heavy atom. The molecule has 0 radical (unpaired) electrons. The van der Waals surface area contributed by atoms with E-state index >= 15 is 0 Å². The molecule has 84 valence electrons. The quantitative estimate of drug-likeness (QED) is 0.794. The molecule has 2 N–H and O–H groups in total. The van der Waals surface area contributed by atoms with E-state index in [-0.39, 0.29) is 0 Å². The Hall–Kier alpha value is -1.19. The van der Waals surface area contributed by atoms with Gasteiger partial charge in [-0.15, -0.1) is 0 Å². The molecule has 3 rings (SSSR count). The number of aromatic amines is 1.